The molecule has 0 saturated carbocycles. The Morgan fingerprint density at radius 1 is 1.50 bits per heavy atom. The standard InChI is InChI=1S/C9H8O3/c1-5-2-3-6-7(4-5)9(11)12-8(6)10/h2-4,8,10H,1H3/t8-/m0/s1. The van der Waals surface area contributed by atoms with Crippen molar-refractivity contribution in [3.63, 3.8) is 0 Å². The molecule has 0 amide bonds. The quantitative estimate of drug-likeness (QED) is 0.585. The van der Waals surface area contributed by atoms with Gasteiger partial charge < -0.3 is 9.84 Å². The van der Waals surface area contributed by atoms with Crippen LogP contribution >= 0.6 is 0 Å². The summed E-state index contributed by atoms with van der Waals surface area (Å²) >= 11 is 0. The van der Waals surface area contributed by atoms with Gasteiger partial charge in [-0.3, -0.25) is 0 Å². The smallest absolute Gasteiger partial charge is 0.341 e. The Balaban J connectivity index is 2.60. The molecule has 2 rings (SSSR count). The van der Waals surface area contributed by atoms with Gasteiger partial charge in [-0.2, -0.15) is 0 Å². The Morgan fingerprint density at radius 3 is 3.00 bits per heavy atom. The second kappa shape index (κ2) is 2.32. The van der Waals surface area contributed by atoms with Crippen LogP contribution in [0.15, 0.2) is 18.2 Å². The highest BCUT2D eigenvalue weighted by Crippen LogP contribution is 2.28. The first-order valence-electron chi connectivity index (χ1n) is 3.68. The number of carbonyl (C=O) groups excluding carboxylic acids is 1. The van der Waals surface area contributed by atoms with Gasteiger partial charge in [0.25, 0.3) is 0 Å². The molecule has 1 aliphatic rings. The molecule has 1 atom stereocenters. The van der Waals surface area contributed by atoms with Gasteiger partial charge in [0, 0.05) is 5.56 Å². The van der Waals surface area contributed by atoms with Gasteiger partial charge in [-0.25, -0.2) is 4.79 Å². The van der Waals surface area contributed by atoms with Crippen LogP contribution in [-0.2, 0) is 4.74 Å². The molecule has 1 aliphatic heterocycles. The van der Waals surface area contributed by atoms with Crippen molar-refractivity contribution in [1.82, 2.24) is 0 Å². The maximum Gasteiger partial charge on any atom is 0.341 e. The second-order valence-corrected chi connectivity index (χ2v) is 2.85. The van der Waals surface area contributed by atoms with E-state index in [1.165, 1.54) is 0 Å². The van der Waals surface area contributed by atoms with Crippen LogP contribution < -0.4 is 0 Å². The molecular formula is C9H8O3. The fourth-order valence-corrected chi connectivity index (χ4v) is 1.29. The van der Waals surface area contributed by atoms with Gasteiger partial charge in [-0.1, -0.05) is 17.7 Å². The van der Waals surface area contributed by atoms with Crippen LogP contribution in [0.25, 0.3) is 0 Å². The molecule has 1 aromatic rings. The lowest BCUT2D eigenvalue weighted by Crippen LogP contribution is -1.95. The zero-order valence-corrected chi connectivity index (χ0v) is 6.57. The van der Waals surface area contributed by atoms with Crippen molar-refractivity contribution in [2.45, 2.75) is 13.2 Å². The molecule has 1 N–H and O–H groups in total. The van der Waals surface area contributed by atoms with E-state index in [9.17, 15) is 9.90 Å². The average Bonchev–Trinajstić information content (AvgIpc) is 2.28. The minimum absolute atomic E-state index is 0.443. The number of hydrogen-bond donors (Lipinski definition) is 1. The van der Waals surface area contributed by atoms with E-state index >= 15 is 0 Å². The molecule has 1 heterocycles. The van der Waals surface area contributed by atoms with Crippen molar-refractivity contribution >= 4 is 5.97 Å². The van der Waals surface area contributed by atoms with Crippen LogP contribution in [0.1, 0.15) is 27.8 Å². The SMILES string of the molecule is Cc1ccc2c(c1)C(=O)O[C@@H]2O. The normalized spacial score (nSPS) is 20.5. The van der Waals surface area contributed by atoms with E-state index in [-0.39, 0.29) is 0 Å². The Hall–Kier alpha value is -1.35. The summed E-state index contributed by atoms with van der Waals surface area (Å²) in [5, 5.41) is 9.20. The van der Waals surface area contributed by atoms with Crippen LogP contribution in [0.4, 0.5) is 0 Å². The Labute approximate surface area is 69.6 Å². The lowest BCUT2D eigenvalue weighted by molar-refractivity contribution is -0.0547. The number of rotatable bonds is 0. The third kappa shape index (κ3) is 0.905. The molecule has 0 bridgehead atoms. The fourth-order valence-electron chi connectivity index (χ4n) is 1.29. The number of cyclic esters (lactones) is 1. The number of esters is 1. The van der Waals surface area contributed by atoms with Gasteiger partial charge in [-0.15, -0.1) is 0 Å². The summed E-state index contributed by atoms with van der Waals surface area (Å²) in [6.45, 7) is 1.89. The molecule has 3 nitrogen and oxygen atoms in total. The Morgan fingerprint density at radius 2 is 2.25 bits per heavy atom. The van der Waals surface area contributed by atoms with Gasteiger partial charge in [0.15, 0.2) is 0 Å². The number of aliphatic hydroxyl groups excluding tert-OH is 1. The summed E-state index contributed by atoms with van der Waals surface area (Å²) in [4.78, 5) is 11.0. The molecular weight excluding hydrogens is 156 g/mol. The molecule has 0 unspecified atom stereocenters. The van der Waals surface area contributed by atoms with E-state index in [0.29, 0.717) is 11.1 Å². The monoisotopic (exact) mass is 164 g/mol. The minimum Gasteiger partial charge on any atom is -0.428 e. The van der Waals surface area contributed by atoms with Crippen molar-refractivity contribution in [3.05, 3.63) is 34.9 Å². The topological polar surface area (TPSA) is 46.5 Å². The third-order valence-electron chi connectivity index (χ3n) is 1.91. The van der Waals surface area contributed by atoms with Gasteiger partial charge in [0.1, 0.15) is 0 Å². The fraction of sp³-hybridized carbons (Fsp3) is 0.222. The second-order valence-electron chi connectivity index (χ2n) is 2.85. The van der Waals surface area contributed by atoms with Gasteiger partial charge >= 0.3 is 5.97 Å². The molecule has 0 saturated heterocycles. The minimum atomic E-state index is -1.08. The Kier molecular flexibility index (Phi) is 1.41. The lowest BCUT2D eigenvalue weighted by atomic mass is 10.1. The third-order valence-corrected chi connectivity index (χ3v) is 1.91. The lowest BCUT2D eigenvalue weighted by Gasteiger charge is -1.99. The molecule has 0 spiro atoms. The van der Waals surface area contributed by atoms with Crippen molar-refractivity contribution in [3.8, 4) is 0 Å². The number of fused-ring (bicyclic) bond motifs is 1. The van der Waals surface area contributed by atoms with Crippen molar-refractivity contribution in [2.24, 2.45) is 0 Å². The highest BCUT2D eigenvalue weighted by molar-refractivity contribution is 5.93. The highest BCUT2D eigenvalue weighted by Gasteiger charge is 2.28. The number of aliphatic hydroxyl groups is 1. The van der Waals surface area contributed by atoms with Gasteiger partial charge in [-0.05, 0) is 13.0 Å². The number of carbonyl (C=O) groups is 1. The summed E-state index contributed by atoms with van der Waals surface area (Å²) in [5.74, 6) is -0.443. The van der Waals surface area contributed by atoms with Crippen LogP contribution in [0.3, 0.4) is 0 Å². The molecule has 1 aromatic carbocycles. The van der Waals surface area contributed by atoms with Crippen molar-refractivity contribution in [2.75, 3.05) is 0 Å². The largest absolute Gasteiger partial charge is 0.428 e. The van der Waals surface area contributed by atoms with Crippen molar-refractivity contribution < 1.29 is 14.6 Å². The maximum absolute atomic E-state index is 11.0. The summed E-state index contributed by atoms with van der Waals surface area (Å²) in [5.41, 5.74) is 2.02. The molecule has 0 aromatic heterocycles. The number of ether oxygens (including phenoxy) is 1. The van der Waals surface area contributed by atoms with E-state index in [1.807, 2.05) is 13.0 Å². The number of aryl methyl sites for hydroxylation is 1. The molecule has 12 heavy (non-hydrogen) atoms. The van der Waals surface area contributed by atoms with E-state index < -0.39 is 12.3 Å². The first-order valence-corrected chi connectivity index (χ1v) is 3.68. The zero-order valence-electron chi connectivity index (χ0n) is 6.57. The van der Waals surface area contributed by atoms with E-state index in [2.05, 4.69) is 4.74 Å². The zero-order chi connectivity index (χ0) is 8.72. The molecule has 0 radical (unpaired) electrons. The Bertz CT molecular complexity index is 344. The van der Waals surface area contributed by atoms with Crippen LogP contribution in [0, 0.1) is 6.92 Å². The summed E-state index contributed by atoms with van der Waals surface area (Å²) in [6.07, 6.45) is -1.08. The first-order chi connectivity index (χ1) is 5.68. The van der Waals surface area contributed by atoms with Crippen LogP contribution in [0.2, 0.25) is 0 Å². The molecule has 3 heteroatoms. The van der Waals surface area contributed by atoms with Crippen LogP contribution in [-0.4, -0.2) is 11.1 Å². The molecule has 0 fully saturated rings. The first kappa shape index (κ1) is 7.31. The summed E-state index contributed by atoms with van der Waals surface area (Å²) in [7, 11) is 0. The van der Waals surface area contributed by atoms with E-state index in [0.717, 1.165) is 5.56 Å². The average molecular weight is 164 g/mol. The summed E-state index contributed by atoms with van der Waals surface area (Å²) in [6, 6.07) is 5.26. The molecule has 62 valence electrons. The maximum atomic E-state index is 11.0. The van der Waals surface area contributed by atoms with Gasteiger partial charge in [0.05, 0.1) is 5.56 Å². The van der Waals surface area contributed by atoms with Crippen molar-refractivity contribution in [1.29, 1.82) is 0 Å². The summed E-state index contributed by atoms with van der Waals surface area (Å²) < 4.78 is 4.60. The number of hydrogen-bond acceptors (Lipinski definition) is 3. The number of benzene rings is 1. The predicted octanol–water partition coefficient (Wildman–Crippen LogP) is 1.16. The predicted molar refractivity (Wildman–Crippen MR) is 41.6 cm³/mol. The molecule has 0 aliphatic carbocycles. The van der Waals surface area contributed by atoms with E-state index in [1.54, 1.807) is 12.1 Å². The highest BCUT2D eigenvalue weighted by atomic mass is 16.6. The van der Waals surface area contributed by atoms with Gasteiger partial charge in [0.2, 0.25) is 6.29 Å². The van der Waals surface area contributed by atoms with Crippen LogP contribution in [0.5, 0.6) is 0 Å². The van der Waals surface area contributed by atoms with E-state index in [4.69, 9.17) is 0 Å².